The highest BCUT2D eigenvalue weighted by Gasteiger charge is 2.35. The van der Waals surface area contributed by atoms with Gasteiger partial charge in [0.25, 0.3) is 5.78 Å². The number of fused-ring (bicyclic) bond motifs is 1. The highest BCUT2D eigenvalue weighted by atomic mass is 32.2. The topological polar surface area (TPSA) is 43.1 Å². The maximum atomic E-state index is 12.7. The van der Waals surface area contributed by atoms with Gasteiger partial charge in [0, 0.05) is 5.69 Å². The van der Waals surface area contributed by atoms with Gasteiger partial charge in [-0.05, 0) is 19.2 Å². The first-order chi connectivity index (χ1) is 7.41. The van der Waals surface area contributed by atoms with Crippen LogP contribution in [0.5, 0.6) is 0 Å². The van der Waals surface area contributed by atoms with Crippen molar-refractivity contribution in [1.29, 1.82) is 0 Å². The Bertz CT molecular complexity index is 534. The van der Waals surface area contributed by atoms with Gasteiger partial charge in [-0.2, -0.15) is 22.7 Å². The van der Waals surface area contributed by atoms with Crippen LogP contribution in [0.4, 0.5) is 13.2 Å². The first kappa shape index (κ1) is 11.2. The Morgan fingerprint density at radius 2 is 2.00 bits per heavy atom. The highest BCUT2D eigenvalue weighted by molar-refractivity contribution is 7.98. The van der Waals surface area contributed by atoms with Gasteiger partial charge in [0.05, 0.1) is 0 Å². The summed E-state index contributed by atoms with van der Waals surface area (Å²) in [6.07, 6.45) is -2.77. The Balaban J connectivity index is 2.76. The molecule has 0 saturated carbocycles. The van der Waals surface area contributed by atoms with Gasteiger partial charge >= 0.3 is 6.18 Å². The molecule has 0 aromatic carbocycles. The molecule has 4 nitrogen and oxygen atoms in total. The van der Waals surface area contributed by atoms with E-state index in [1.54, 1.807) is 6.26 Å². The molecule has 0 atom stereocenters. The minimum Gasteiger partial charge on any atom is -0.216 e. The predicted molar refractivity (Wildman–Crippen MR) is 52.3 cm³/mol. The number of aryl methyl sites for hydroxylation is 1. The second-order valence-corrected chi connectivity index (χ2v) is 3.86. The van der Waals surface area contributed by atoms with Crippen LogP contribution >= 0.6 is 11.8 Å². The Hall–Kier alpha value is -1.31. The van der Waals surface area contributed by atoms with Gasteiger partial charge in [-0.15, -0.1) is 5.10 Å². The molecule has 16 heavy (non-hydrogen) atoms. The fourth-order valence-electron chi connectivity index (χ4n) is 1.26. The summed E-state index contributed by atoms with van der Waals surface area (Å²) in [5.74, 6) is -0.0309. The van der Waals surface area contributed by atoms with Gasteiger partial charge in [0.1, 0.15) is 0 Å². The zero-order valence-corrected chi connectivity index (χ0v) is 9.22. The average Bonchev–Trinajstić information content (AvgIpc) is 2.57. The number of hydrogen-bond donors (Lipinski definition) is 0. The van der Waals surface area contributed by atoms with Crippen LogP contribution in [-0.4, -0.2) is 25.8 Å². The van der Waals surface area contributed by atoms with E-state index < -0.39 is 11.9 Å². The molecule has 0 radical (unpaired) electrons. The summed E-state index contributed by atoms with van der Waals surface area (Å²) in [6, 6.07) is 0.950. The van der Waals surface area contributed by atoms with Gasteiger partial charge in [0.15, 0.2) is 5.69 Å². The first-order valence-corrected chi connectivity index (χ1v) is 5.50. The normalized spacial score (nSPS) is 12.3. The van der Waals surface area contributed by atoms with E-state index in [1.807, 2.05) is 0 Å². The zero-order chi connectivity index (χ0) is 11.9. The van der Waals surface area contributed by atoms with Crippen LogP contribution in [0.15, 0.2) is 11.2 Å². The molecule has 2 rings (SSSR count). The molecule has 86 valence electrons. The maximum Gasteiger partial charge on any atom is 0.433 e. The summed E-state index contributed by atoms with van der Waals surface area (Å²) < 4.78 is 38.8. The smallest absolute Gasteiger partial charge is 0.216 e. The van der Waals surface area contributed by atoms with Crippen LogP contribution < -0.4 is 0 Å². The molecule has 2 aromatic heterocycles. The molecule has 0 N–H and O–H groups in total. The molecule has 8 heteroatoms. The van der Waals surface area contributed by atoms with Crippen molar-refractivity contribution < 1.29 is 13.2 Å². The Labute approximate surface area is 92.9 Å². The Morgan fingerprint density at radius 3 is 2.56 bits per heavy atom. The number of alkyl halides is 3. The third-order valence-corrected chi connectivity index (χ3v) is 2.43. The van der Waals surface area contributed by atoms with Crippen LogP contribution in [0.25, 0.3) is 5.78 Å². The third-order valence-electron chi connectivity index (χ3n) is 1.89. The molecule has 0 fully saturated rings. The number of rotatable bonds is 1. The van der Waals surface area contributed by atoms with E-state index in [2.05, 4.69) is 15.1 Å². The maximum absolute atomic E-state index is 12.7. The first-order valence-electron chi connectivity index (χ1n) is 4.27. The van der Waals surface area contributed by atoms with E-state index in [9.17, 15) is 13.2 Å². The van der Waals surface area contributed by atoms with Crippen LogP contribution in [-0.2, 0) is 6.18 Å². The van der Waals surface area contributed by atoms with Gasteiger partial charge in [0.2, 0.25) is 5.16 Å². The molecular formula is C8H7F3N4S. The third kappa shape index (κ3) is 1.84. The molecule has 0 spiro atoms. The summed E-state index contributed by atoms with van der Waals surface area (Å²) in [5.41, 5.74) is -0.595. The van der Waals surface area contributed by atoms with Crippen molar-refractivity contribution in [3.63, 3.8) is 0 Å². The van der Waals surface area contributed by atoms with Crippen LogP contribution in [0.3, 0.4) is 0 Å². The fraction of sp³-hybridized carbons (Fsp3) is 0.375. The summed E-state index contributed by atoms with van der Waals surface area (Å²) >= 11 is 1.17. The van der Waals surface area contributed by atoms with E-state index in [0.717, 1.165) is 10.6 Å². The van der Waals surface area contributed by atoms with Crippen molar-refractivity contribution in [2.75, 3.05) is 6.26 Å². The van der Waals surface area contributed by atoms with Gasteiger partial charge in [-0.25, -0.2) is 4.98 Å². The van der Waals surface area contributed by atoms with Gasteiger partial charge in [-0.1, -0.05) is 11.8 Å². The van der Waals surface area contributed by atoms with Crippen molar-refractivity contribution in [2.45, 2.75) is 18.3 Å². The molecule has 2 aromatic rings. The quantitative estimate of drug-likeness (QED) is 0.725. The summed E-state index contributed by atoms with van der Waals surface area (Å²) in [5, 5.41) is 3.99. The van der Waals surface area contributed by atoms with Crippen LogP contribution in [0.1, 0.15) is 11.4 Å². The van der Waals surface area contributed by atoms with E-state index in [1.165, 1.54) is 18.7 Å². The lowest BCUT2D eigenvalue weighted by molar-refractivity contribution is -0.142. The number of aromatic nitrogens is 4. The summed E-state index contributed by atoms with van der Waals surface area (Å²) in [7, 11) is 0. The largest absolute Gasteiger partial charge is 0.433 e. The molecule has 0 aliphatic rings. The van der Waals surface area contributed by atoms with Crippen molar-refractivity contribution in [1.82, 2.24) is 19.6 Å². The fourth-order valence-corrected chi connectivity index (χ4v) is 1.59. The molecule has 0 bridgehead atoms. The van der Waals surface area contributed by atoms with Gasteiger partial charge < -0.3 is 0 Å². The van der Waals surface area contributed by atoms with Gasteiger partial charge in [-0.3, -0.25) is 0 Å². The van der Waals surface area contributed by atoms with Crippen molar-refractivity contribution in [2.24, 2.45) is 0 Å². The highest BCUT2D eigenvalue weighted by Crippen LogP contribution is 2.29. The standard InChI is InChI=1S/C8H7F3N4S/c1-4-3-5(8(9,10)11)15-6(12-4)13-7(14-15)16-2/h3H,1-2H3. The van der Waals surface area contributed by atoms with E-state index in [0.29, 0.717) is 0 Å². The number of hydrogen-bond acceptors (Lipinski definition) is 4. The monoisotopic (exact) mass is 248 g/mol. The number of nitrogens with zero attached hydrogens (tertiary/aromatic N) is 4. The van der Waals surface area contributed by atoms with Crippen LogP contribution in [0.2, 0.25) is 0 Å². The lowest BCUT2D eigenvalue weighted by atomic mass is 10.3. The van der Waals surface area contributed by atoms with Crippen molar-refractivity contribution in [3.8, 4) is 0 Å². The second kappa shape index (κ2) is 3.62. The molecular weight excluding hydrogens is 241 g/mol. The van der Waals surface area contributed by atoms with Crippen LogP contribution in [0, 0.1) is 6.92 Å². The molecule has 2 heterocycles. The zero-order valence-electron chi connectivity index (χ0n) is 8.41. The van der Waals surface area contributed by atoms with Crippen molar-refractivity contribution >= 4 is 17.5 Å². The van der Waals surface area contributed by atoms with Crippen molar-refractivity contribution in [3.05, 3.63) is 17.5 Å². The second-order valence-electron chi connectivity index (χ2n) is 3.09. The minimum atomic E-state index is -4.46. The average molecular weight is 248 g/mol. The summed E-state index contributed by atoms with van der Waals surface area (Å²) in [4.78, 5) is 7.76. The molecule has 0 amide bonds. The molecule has 0 saturated heterocycles. The lowest BCUT2D eigenvalue weighted by Crippen LogP contribution is -2.13. The minimum absolute atomic E-state index is 0.0309. The predicted octanol–water partition coefficient (Wildman–Crippen LogP) is 2.17. The SMILES string of the molecule is CSc1nc2nc(C)cc(C(F)(F)F)n2n1. The van der Waals surface area contributed by atoms with E-state index >= 15 is 0 Å². The Kier molecular flexibility index (Phi) is 2.53. The molecule has 0 aliphatic heterocycles. The molecule has 0 aliphatic carbocycles. The number of halogens is 3. The van der Waals surface area contributed by atoms with E-state index in [-0.39, 0.29) is 16.6 Å². The summed E-state index contributed by atoms with van der Waals surface area (Å²) in [6.45, 7) is 1.49. The van der Waals surface area contributed by atoms with E-state index in [4.69, 9.17) is 0 Å². The Morgan fingerprint density at radius 1 is 1.31 bits per heavy atom. The number of thioether (sulfide) groups is 1. The molecule has 0 unspecified atom stereocenters. The lowest BCUT2D eigenvalue weighted by Gasteiger charge is -2.08.